The summed E-state index contributed by atoms with van der Waals surface area (Å²) in [5, 5.41) is 3.59. The highest BCUT2D eigenvalue weighted by atomic mass is 35.5. The van der Waals surface area contributed by atoms with Crippen molar-refractivity contribution in [1.29, 1.82) is 0 Å². The van der Waals surface area contributed by atoms with Gasteiger partial charge in [-0.05, 0) is 18.4 Å². The molecule has 2 atom stereocenters. The summed E-state index contributed by atoms with van der Waals surface area (Å²) in [5.41, 5.74) is 1.45. The van der Waals surface area contributed by atoms with Crippen molar-refractivity contribution in [1.82, 2.24) is 10.2 Å². The van der Waals surface area contributed by atoms with Gasteiger partial charge in [-0.2, -0.15) is 0 Å². The third-order valence-electron chi connectivity index (χ3n) is 3.69. The Labute approximate surface area is 116 Å². The van der Waals surface area contributed by atoms with Gasteiger partial charge in [-0.25, -0.2) is 0 Å². The summed E-state index contributed by atoms with van der Waals surface area (Å²) in [7, 11) is 0. The van der Waals surface area contributed by atoms with Crippen LogP contribution in [0.1, 0.15) is 18.4 Å². The van der Waals surface area contributed by atoms with Crippen LogP contribution in [0.2, 0.25) is 0 Å². The second-order valence-electron chi connectivity index (χ2n) is 4.75. The van der Waals surface area contributed by atoms with E-state index in [1.54, 1.807) is 0 Å². The van der Waals surface area contributed by atoms with E-state index in [1.807, 2.05) is 0 Å². The summed E-state index contributed by atoms with van der Waals surface area (Å²) in [5.74, 6) is 0. The normalized spacial score (nSPS) is 27.1. The zero-order valence-corrected chi connectivity index (χ0v) is 11.5. The van der Waals surface area contributed by atoms with Crippen molar-refractivity contribution >= 4 is 24.8 Å². The van der Waals surface area contributed by atoms with Crippen LogP contribution < -0.4 is 5.32 Å². The Morgan fingerprint density at radius 2 is 1.88 bits per heavy atom. The molecular weight excluding hydrogens is 255 g/mol. The molecule has 0 amide bonds. The summed E-state index contributed by atoms with van der Waals surface area (Å²) in [6.07, 6.45) is 2.75. The van der Waals surface area contributed by atoms with E-state index in [4.69, 9.17) is 0 Å². The van der Waals surface area contributed by atoms with Crippen molar-refractivity contribution in [3.8, 4) is 0 Å². The lowest BCUT2D eigenvalue weighted by atomic mass is 9.92. The van der Waals surface area contributed by atoms with Crippen molar-refractivity contribution in [2.45, 2.75) is 31.5 Å². The topological polar surface area (TPSA) is 15.3 Å². The number of hydrogen-bond donors (Lipinski definition) is 1. The number of benzene rings is 1. The third kappa shape index (κ3) is 3.35. The van der Waals surface area contributed by atoms with Gasteiger partial charge in [0.1, 0.15) is 0 Å². The van der Waals surface area contributed by atoms with Crippen LogP contribution in [0, 0.1) is 0 Å². The molecule has 4 heteroatoms. The van der Waals surface area contributed by atoms with E-state index in [9.17, 15) is 0 Å². The van der Waals surface area contributed by atoms with Gasteiger partial charge in [0.15, 0.2) is 0 Å². The minimum atomic E-state index is 0. The molecule has 1 aromatic rings. The molecule has 0 spiro atoms. The van der Waals surface area contributed by atoms with Gasteiger partial charge in [0.05, 0.1) is 0 Å². The largest absolute Gasteiger partial charge is 0.311 e. The Morgan fingerprint density at radius 3 is 2.41 bits per heavy atom. The molecule has 4 rings (SSSR count). The molecule has 0 radical (unpaired) electrons. The summed E-state index contributed by atoms with van der Waals surface area (Å²) in [4.78, 5) is 2.64. The Bertz CT molecular complexity index is 323. The standard InChI is InChI=1S/C13H18N2.2ClH/c1-2-4-11(5-3-1)9-15-10-12-6-7-13(15)8-14-12;;/h1-5,12-14H,6-10H2;2*1H/t12-,13-;;/m1../s1. The Balaban J connectivity index is 0.000000722. The molecule has 3 fully saturated rings. The highest BCUT2D eigenvalue weighted by molar-refractivity contribution is 5.85. The minimum Gasteiger partial charge on any atom is -0.311 e. The summed E-state index contributed by atoms with van der Waals surface area (Å²) < 4.78 is 0. The zero-order valence-electron chi connectivity index (χ0n) is 9.84. The van der Waals surface area contributed by atoms with Crippen molar-refractivity contribution in [2.24, 2.45) is 0 Å². The SMILES string of the molecule is Cl.Cl.c1ccc(CN2C[C@H]3CC[C@@H]2CN3)cc1. The fourth-order valence-corrected chi connectivity index (χ4v) is 2.81. The second kappa shape index (κ2) is 6.60. The lowest BCUT2D eigenvalue weighted by molar-refractivity contribution is 0.0685. The van der Waals surface area contributed by atoms with Gasteiger partial charge < -0.3 is 5.32 Å². The van der Waals surface area contributed by atoms with E-state index in [0.717, 1.165) is 18.6 Å². The number of nitrogens with one attached hydrogen (secondary N) is 1. The molecule has 0 aliphatic carbocycles. The van der Waals surface area contributed by atoms with Crippen molar-refractivity contribution in [3.63, 3.8) is 0 Å². The first-order valence-corrected chi connectivity index (χ1v) is 5.93. The maximum absolute atomic E-state index is 3.59. The predicted molar refractivity (Wildman–Crippen MR) is 76.2 cm³/mol. The average molecular weight is 275 g/mol. The molecule has 3 aliphatic heterocycles. The van der Waals surface area contributed by atoms with Crippen LogP contribution in [0.5, 0.6) is 0 Å². The highest BCUT2D eigenvalue weighted by Gasteiger charge is 2.32. The molecule has 2 nitrogen and oxygen atoms in total. The molecule has 0 aromatic heterocycles. The molecule has 1 N–H and O–H groups in total. The average Bonchev–Trinajstić information content (AvgIpc) is 2.32. The predicted octanol–water partition coefficient (Wildman–Crippen LogP) is 2.47. The molecule has 2 bridgehead atoms. The van der Waals surface area contributed by atoms with Gasteiger partial charge in [0.2, 0.25) is 0 Å². The Hall–Kier alpha value is -0.280. The Kier molecular flexibility index (Phi) is 5.74. The van der Waals surface area contributed by atoms with E-state index in [1.165, 1.54) is 31.5 Å². The first-order valence-electron chi connectivity index (χ1n) is 5.93. The second-order valence-corrected chi connectivity index (χ2v) is 4.75. The fraction of sp³-hybridized carbons (Fsp3) is 0.538. The van der Waals surface area contributed by atoms with Crippen LogP contribution in [-0.2, 0) is 6.54 Å². The van der Waals surface area contributed by atoms with Crippen LogP contribution in [0.4, 0.5) is 0 Å². The van der Waals surface area contributed by atoms with Crippen LogP contribution in [0.3, 0.4) is 0 Å². The van der Waals surface area contributed by atoms with Crippen molar-refractivity contribution in [2.75, 3.05) is 13.1 Å². The molecule has 3 heterocycles. The molecule has 0 saturated carbocycles. The molecule has 17 heavy (non-hydrogen) atoms. The molecular formula is C13H20Cl2N2. The number of fused-ring (bicyclic) bond motifs is 3. The van der Waals surface area contributed by atoms with E-state index in [2.05, 4.69) is 40.5 Å². The number of rotatable bonds is 2. The maximum Gasteiger partial charge on any atom is 0.0237 e. The molecule has 96 valence electrons. The van der Waals surface area contributed by atoms with Gasteiger partial charge in [0, 0.05) is 31.7 Å². The van der Waals surface area contributed by atoms with Crippen molar-refractivity contribution < 1.29 is 0 Å². The molecule has 3 aliphatic rings. The van der Waals surface area contributed by atoms with E-state index >= 15 is 0 Å². The smallest absolute Gasteiger partial charge is 0.0237 e. The fourth-order valence-electron chi connectivity index (χ4n) is 2.81. The van der Waals surface area contributed by atoms with Crippen LogP contribution >= 0.6 is 24.8 Å². The van der Waals surface area contributed by atoms with Gasteiger partial charge in [-0.15, -0.1) is 24.8 Å². The summed E-state index contributed by atoms with van der Waals surface area (Å²) in [6, 6.07) is 12.3. The Morgan fingerprint density at radius 1 is 1.12 bits per heavy atom. The first-order chi connectivity index (χ1) is 7.42. The zero-order chi connectivity index (χ0) is 10.1. The minimum absolute atomic E-state index is 0. The number of piperazine rings is 1. The van der Waals surface area contributed by atoms with Gasteiger partial charge in [0.25, 0.3) is 0 Å². The van der Waals surface area contributed by atoms with Crippen LogP contribution in [-0.4, -0.2) is 30.1 Å². The molecule has 1 aromatic carbocycles. The number of nitrogens with zero attached hydrogens (tertiary/aromatic N) is 1. The molecule has 0 unspecified atom stereocenters. The van der Waals surface area contributed by atoms with Gasteiger partial charge in [-0.1, -0.05) is 30.3 Å². The van der Waals surface area contributed by atoms with Crippen LogP contribution in [0.15, 0.2) is 30.3 Å². The van der Waals surface area contributed by atoms with E-state index in [0.29, 0.717) is 0 Å². The summed E-state index contributed by atoms with van der Waals surface area (Å²) >= 11 is 0. The lowest BCUT2D eigenvalue weighted by Crippen LogP contribution is -2.60. The van der Waals surface area contributed by atoms with Crippen molar-refractivity contribution in [3.05, 3.63) is 35.9 Å². The van der Waals surface area contributed by atoms with Gasteiger partial charge in [-0.3, -0.25) is 4.90 Å². The van der Waals surface area contributed by atoms with E-state index in [-0.39, 0.29) is 24.8 Å². The third-order valence-corrected chi connectivity index (χ3v) is 3.69. The molecule has 3 saturated heterocycles. The van der Waals surface area contributed by atoms with Gasteiger partial charge >= 0.3 is 0 Å². The van der Waals surface area contributed by atoms with Crippen LogP contribution in [0.25, 0.3) is 0 Å². The number of halogens is 2. The highest BCUT2D eigenvalue weighted by Crippen LogP contribution is 2.23. The number of piperidine rings is 2. The lowest BCUT2D eigenvalue weighted by Gasteiger charge is -2.46. The quantitative estimate of drug-likeness (QED) is 0.892. The summed E-state index contributed by atoms with van der Waals surface area (Å²) in [6.45, 7) is 3.56. The first kappa shape index (κ1) is 14.8. The van der Waals surface area contributed by atoms with E-state index < -0.39 is 0 Å². The maximum atomic E-state index is 3.59. The number of hydrogen-bond acceptors (Lipinski definition) is 2. The monoisotopic (exact) mass is 274 g/mol.